The monoisotopic (exact) mass is 236 g/mol. The van der Waals surface area contributed by atoms with Gasteiger partial charge in [-0.1, -0.05) is 19.8 Å². The predicted molar refractivity (Wildman–Crippen MR) is 69.4 cm³/mol. The molecule has 2 rings (SSSR count). The summed E-state index contributed by atoms with van der Waals surface area (Å²) in [5, 5.41) is 3.51. The van der Waals surface area contributed by atoms with E-state index >= 15 is 0 Å². The highest BCUT2D eigenvalue weighted by Crippen LogP contribution is 2.34. The molecule has 0 radical (unpaired) electrons. The Hall–Kier alpha value is -1.09. The van der Waals surface area contributed by atoms with Gasteiger partial charge in [-0.25, -0.2) is 4.39 Å². The highest BCUT2D eigenvalue weighted by molar-refractivity contribution is 5.45. The van der Waals surface area contributed by atoms with Gasteiger partial charge in [0.2, 0.25) is 0 Å². The quantitative estimate of drug-likeness (QED) is 0.846. The lowest BCUT2D eigenvalue weighted by Crippen LogP contribution is -2.48. The van der Waals surface area contributed by atoms with Gasteiger partial charge < -0.3 is 11.1 Å². The molecule has 2 atom stereocenters. The second-order valence-electron chi connectivity index (χ2n) is 5.32. The van der Waals surface area contributed by atoms with Crippen LogP contribution in [-0.4, -0.2) is 12.1 Å². The normalized spacial score (nSPS) is 29.0. The van der Waals surface area contributed by atoms with Crippen molar-refractivity contribution in [3.8, 4) is 0 Å². The van der Waals surface area contributed by atoms with Crippen molar-refractivity contribution in [1.29, 1.82) is 0 Å². The van der Waals surface area contributed by atoms with Crippen molar-refractivity contribution in [2.24, 2.45) is 11.7 Å². The second kappa shape index (κ2) is 5.05. The maximum Gasteiger partial charge on any atom is 0.123 e. The zero-order chi connectivity index (χ0) is 12.3. The Labute approximate surface area is 102 Å². The fourth-order valence-electron chi connectivity index (χ4n) is 2.85. The summed E-state index contributed by atoms with van der Waals surface area (Å²) in [6.07, 6.45) is 4.70. The minimum atomic E-state index is -0.200. The number of rotatable bonds is 3. The molecule has 0 bridgehead atoms. The molecule has 0 spiro atoms. The van der Waals surface area contributed by atoms with E-state index in [0.717, 1.165) is 18.5 Å². The van der Waals surface area contributed by atoms with E-state index in [4.69, 9.17) is 5.73 Å². The van der Waals surface area contributed by atoms with Crippen molar-refractivity contribution in [2.75, 3.05) is 11.9 Å². The molecule has 0 saturated heterocycles. The zero-order valence-corrected chi connectivity index (χ0v) is 10.4. The Morgan fingerprint density at radius 3 is 2.71 bits per heavy atom. The van der Waals surface area contributed by atoms with Crippen molar-refractivity contribution in [1.82, 2.24) is 0 Å². The first-order valence-corrected chi connectivity index (χ1v) is 6.37. The number of hydrogen-bond donors (Lipinski definition) is 2. The Bertz CT molecular complexity index is 363. The molecule has 1 aromatic carbocycles. The lowest BCUT2D eigenvalue weighted by molar-refractivity contribution is 0.264. The van der Waals surface area contributed by atoms with Crippen LogP contribution < -0.4 is 11.1 Å². The summed E-state index contributed by atoms with van der Waals surface area (Å²) in [5.41, 5.74) is 6.90. The zero-order valence-electron chi connectivity index (χ0n) is 10.4. The Kier molecular flexibility index (Phi) is 3.67. The maximum absolute atomic E-state index is 12.9. The van der Waals surface area contributed by atoms with Gasteiger partial charge in [-0.2, -0.15) is 0 Å². The molecule has 94 valence electrons. The van der Waals surface area contributed by atoms with E-state index in [-0.39, 0.29) is 11.4 Å². The molecular formula is C14H21FN2. The van der Waals surface area contributed by atoms with Crippen LogP contribution in [0.1, 0.15) is 32.6 Å². The highest BCUT2D eigenvalue weighted by Gasteiger charge is 2.33. The van der Waals surface area contributed by atoms with Crippen LogP contribution in [0.15, 0.2) is 24.3 Å². The Morgan fingerprint density at radius 1 is 1.41 bits per heavy atom. The average molecular weight is 236 g/mol. The van der Waals surface area contributed by atoms with Crippen molar-refractivity contribution >= 4 is 5.69 Å². The summed E-state index contributed by atoms with van der Waals surface area (Å²) in [7, 11) is 0. The molecule has 1 aliphatic carbocycles. The van der Waals surface area contributed by atoms with E-state index < -0.39 is 0 Å². The van der Waals surface area contributed by atoms with Crippen molar-refractivity contribution in [2.45, 2.75) is 38.1 Å². The van der Waals surface area contributed by atoms with E-state index in [0.29, 0.717) is 12.5 Å². The van der Waals surface area contributed by atoms with E-state index in [9.17, 15) is 4.39 Å². The molecule has 17 heavy (non-hydrogen) atoms. The molecule has 1 saturated carbocycles. The van der Waals surface area contributed by atoms with Gasteiger partial charge in [-0.15, -0.1) is 0 Å². The van der Waals surface area contributed by atoms with E-state index in [1.54, 1.807) is 12.1 Å². The summed E-state index contributed by atoms with van der Waals surface area (Å²) in [6.45, 7) is 2.91. The summed E-state index contributed by atoms with van der Waals surface area (Å²) >= 11 is 0. The first kappa shape index (κ1) is 12.4. The number of nitrogens with two attached hydrogens (primary N) is 1. The first-order valence-electron chi connectivity index (χ1n) is 6.37. The molecule has 0 amide bonds. The smallest absolute Gasteiger partial charge is 0.123 e. The largest absolute Gasteiger partial charge is 0.378 e. The Balaban J connectivity index is 2.10. The van der Waals surface area contributed by atoms with Gasteiger partial charge in [0.15, 0.2) is 0 Å². The van der Waals surface area contributed by atoms with Crippen LogP contribution in [0, 0.1) is 11.7 Å². The van der Waals surface area contributed by atoms with Gasteiger partial charge >= 0.3 is 0 Å². The van der Waals surface area contributed by atoms with Crippen molar-refractivity contribution in [3.05, 3.63) is 30.1 Å². The van der Waals surface area contributed by atoms with Gasteiger partial charge in [-0.05, 0) is 43.0 Å². The van der Waals surface area contributed by atoms with Crippen LogP contribution >= 0.6 is 0 Å². The van der Waals surface area contributed by atoms with Gasteiger partial charge in [0.05, 0.1) is 0 Å². The molecular weight excluding hydrogens is 215 g/mol. The number of halogens is 1. The molecule has 1 fully saturated rings. The van der Waals surface area contributed by atoms with Crippen LogP contribution in [0.5, 0.6) is 0 Å². The molecule has 1 aliphatic rings. The summed E-state index contributed by atoms with van der Waals surface area (Å²) in [6, 6.07) is 6.54. The average Bonchev–Trinajstić information content (AvgIpc) is 2.32. The third-order valence-corrected chi connectivity index (χ3v) is 3.74. The standard InChI is InChI=1S/C14H21FN2/c1-11-3-2-8-14(9-11,10-16)17-13-6-4-12(15)5-7-13/h4-7,11,17H,2-3,8-10,16H2,1H3. The van der Waals surface area contributed by atoms with Gasteiger partial charge in [0, 0.05) is 17.8 Å². The third-order valence-electron chi connectivity index (χ3n) is 3.74. The topological polar surface area (TPSA) is 38.0 Å². The van der Waals surface area contributed by atoms with Gasteiger partial charge in [-0.3, -0.25) is 0 Å². The summed E-state index contributed by atoms with van der Waals surface area (Å²) in [4.78, 5) is 0. The van der Waals surface area contributed by atoms with Gasteiger partial charge in [0.25, 0.3) is 0 Å². The van der Waals surface area contributed by atoms with Crippen molar-refractivity contribution in [3.63, 3.8) is 0 Å². The molecule has 3 N–H and O–H groups in total. The van der Waals surface area contributed by atoms with E-state index in [1.807, 2.05) is 0 Å². The minimum absolute atomic E-state index is 0.00447. The summed E-state index contributed by atoms with van der Waals surface area (Å²) < 4.78 is 12.9. The second-order valence-corrected chi connectivity index (χ2v) is 5.32. The van der Waals surface area contributed by atoms with E-state index in [2.05, 4.69) is 12.2 Å². The first-order chi connectivity index (χ1) is 8.13. The molecule has 2 unspecified atom stereocenters. The van der Waals surface area contributed by atoms with Crippen LogP contribution in [0.3, 0.4) is 0 Å². The minimum Gasteiger partial charge on any atom is -0.378 e. The molecule has 1 aromatic rings. The SMILES string of the molecule is CC1CCCC(CN)(Nc2ccc(F)cc2)C1. The molecule has 0 heterocycles. The molecule has 0 aliphatic heterocycles. The van der Waals surface area contributed by atoms with Gasteiger partial charge in [0.1, 0.15) is 5.82 Å². The van der Waals surface area contributed by atoms with Crippen LogP contribution in [0.4, 0.5) is 10.1 Å². The lowest BCUT2D eigenvalue weighted by Gasteiger charge is -2.40. The predicted octanol–water partition coefficient (Wildman–Crippen LogP) is 3.15. The third kappa shape index (κ3) is 2.97. The van der Waals surface area contributed by atoms with Crippen LogP contribution in [0.25, 0.3) is 0 Å². The van der Waals surface area contributed by atoms with E-state index in [1.165, 1.54) is 25.0 Å². The molecule has 2 nitrogen and oxygen atoms in total. The fourth-order valence-corrected chi connectivity index (χ4v) is 2.85. The van der Waals surface area contributed by atoms with Crippen LogP contribution in [-0.2, 0) is 0 Å². The number of benzene rings is 1. The summed E-state index contributed by atoms with van der Waals surface area (Å²) in [5.74, 6) is 0.509. The maximum atomic E-state index is 12.9. The Morgan fingerprint density at radius 2 is 2.12 bits per heavy atom. The van der Waals surface area contributed by atoms with Crippen molar-refractivity contribution < 1.29 is 4.39 Å². The number of anilines is 1. The lowest BCUT2D eigenvalue weighted by atomic mass is 9.76. The molecule has 0 aromatic heterocycles. The highest BCUT2D eigenvalue weighted by atomic mass is 19.1. The fraction of sp³-hybridized carbons (Fsp3) is 0.571. The number of nitrogens with one attached hydrogen (secondary N) is 1. The van der Waals surface area contributed by atoms with Crippen LogP contribution in [0.2, 0.25) is 0 Å². The molecule has 3 heteroatoms. The number of hydrogen-bond acceptors (Lipinski definition) is 2.